The van der Waals surface area contributed by atoms with Crippen molar-refractivity contribution in [2.45, 2.75) is 38.9 Å². The molecule has 1 aromatic rings. The first kappa shape index (κ1) is 17.0. The van der Waals surface area contributed by atoms with Gasteiger partial charge in [-0.2, -0.15) is 5.26 Å². The van der Waals surface area contributed by atoms with Crippen LogP contribution in [0.4, 0.5) is 5.82 Å². The quantitative estimate of drug-likeness (QED) is 0.816. The summed E-state index contributed by atoms with van der Waals surface area (Å²) < 4.78 is 5.73. The molecule has 2 heterocycles. The molecular weight excluding hydrogens is 300 g/mol. The Morgan fingerprint density at radius 3 is 2.82 bits per heavy atom. The van der Waals surface area contributed by atoms with Crippen LogP contribution in [0.5, 0.6) is 0 Å². The molecule has 0 amide bonds. The molecule has 1 fully saturated rings. The van der Waals surface area contributed by atoms with E-state index in [9.17, 15) is 0 Å². The second kappa shape index (κ2) is 8.33. The van der Waals surface area contributed by atoms with Crippen molar-refractivity contribution >= 4 is 17.4 Å². The van der Waals surface area contributed by atoms with Crippen molar-refractivity contribution in [2.75, 3.05) is 31.5 Å². The van der Waals surface area contributed by atoms with E-state index in [-0.39, 0.29) is 0 Å². The summed E-state index contributed by atoms with van der Waals surface area (Å²) in [5.41, 5.74) is 0.454. The van der Waals surface area contributed by atoms with Crippen LogP contribution in [0.1, 0.15) is 32.3 Å². The topological polar surface area (TPSA) is 61.2 Å². The van der Waals surface area contributed by atoms with Crippen LogP contribution in [0.2, 0.25) is 5.02 Å². The molecule has 0 aromatic carbocycles. The fourth-order valence-corrected chi connectivity index (χ4v) is 3.01. The molecule has 1 saturated heterocycles. The predicted molar refractivity (Wildman–Crippen MR) is 88.1 cm³/mol. The lowest BCUT2D eigenvalue weighted by molar-refractivity contribution is -0.0681. The molecule has 2 atom stereocenters. The maximum Gasteiger partial charge on any atom is 0.146 e. The molecular formula is C16H23ClN4O. The first-order valence-corrected chi connectivity index (χ1v) is 8.14. The molecule has 1 aliphatic heterocycles. The fraction of sp³-hybridized carbons (Fsp3) is 0.625. The number of morpholine rings is 1. The highest BCUT2D eigenvalue weighted by molar-refractivity contribution is 6.34. The number of pyridine rings is 1. The number of hydrogen-bond donors (Lipinski definition) is 1. The molecule has 0 unspecified atom stereocenters. The van der Waals surface area contributed by atoms with Crippen LogP contribution < -0.4 is 5.32 Å². The number of nitriles is 1. The normalized spacial score (nSPS) is 22.3. The number of anilines is 1. The van der Waals surface area contributed by atoms with E-state index in [0.717, 1.165) is 39.0 Å². The first-order chi connectivity index (χ1) is 10.6. The monoisotopic (exact) mass is 322 g/mol. The summed E-state index contributed by atoms with van der Waals surface area (Å²) in [5.74, 6) is 0.592. The number of rotatable bonds is 6. The molecule has 0 bridgehead atoms. The summed E-state index contributed by atoms with van der Waals surface area (Å²) in [5, 5.41) is 12.5. The van der Waals surface area contributed by atoms with Gasteiger partial charge in [0.15, 0.2) is 0 Å². The lowest BCUT2D eigenvalue weighted by Crippen LogP contribution is -2.45. The number of aromatic nitrogens is 1. The van der Waals surface area contributed by atoms with E-state index in [4.69, 9.17) is 21.6 Å². The standard InChI is InChI=1S/C16H23ClN4O/c1-12-10-21(11-13(2)22-12)8-4-3-6-19-16-15(17)14(9-18)5-7-20-16/h5,7,12-13H,3-4,6,8,10-11H2,1-2H3,(H,19,20)/t12-,13+. The Bertz CT molecular complexity index is 521. The van der Waals surface area contributed by atoms with Crippen LogP contribution in [-0.4, -0.2) is 48.3 Å². The number of unbranched alkanes of at least 4 members (excludes halogenated alkanes) is 1. The minimum atomic E-state index is 0.318. The summed E-state index contributed by atoms with van der Waals surface area (Å²) in [6.45, 7) is 8.15. The van der Waals surface area contributed by atoms with Gasteiger partial charge in [-0.05, 0) is 39.3 Å². The second-order valence-corrected chi connectivity index (χ2v) is 6.16. The molecule has 0 spiro atoms. The van der Waals surface area contributed by atoms with Gasteiger partial charge in [0.25, 0.3) is 0 Å². The van der Waals surface area contributed by atoms with Gasteiger partial charge in [0.05, 0.1) is 17.8 Å². The van der Waals surface area contributed by atoms with Crippen molar-refractivity contribution in [1.29, 1.82) is 5.26 Å². The van der Waals surface area contributed by atoms with Crippen LogP contribution in [0.3, 0.4) is 0 Å². The van der Waals surface area contributed by atoms with E-state index in [1.807, 2.05) is 0 Å². The van der Waals surface area contributed by atoms with Crippen LogP contribution in [0.25, 0.3) is 0 Å². The van der Waals surface area contributed by atoms with E-state index in [1.165, 1.54) is 0 Å². The van der Waals surface area contributed by atoms with Crippen molar-refractivity contribution in [3.8, 4) is 6.07 Å². The molecule has 0 saturated carbocycles. The predicted octanol–water partition coefficient (Wildman–Crippen LogP) is 2.91. The highest BCUT2D eigenvalue weighted by atomic mass is 35.5. The summed E-state index contributed by atoms with van der Waals surface area (Å²) >= 11 is 6.11. The molecule has 1 aromatic heterocycles. The maximum atomic E-state index is 8.93. The molecule has 1 N–H and O–H groups in total. The lowest BCUT2D eigenvalue weighted by atomic mass is 10.2. The highest BCUT2D eigenvalue weighted by Gasteiger charge is 2.21. The number of hydrogen-bond acceptors (Lipinski definition) is 5. The third kappa shape index (κ3) is 4.84. The van der Waals surface area contributed by atoms with Gasteiger partial charge >= 0.3 is 0 Å². The van der Waals surface area contributed by atoms with Crippen molar-refractivity contribution < 1.29 is 4.74 Å². The first-order valence-electron chi connectivity index (χ1n) is 7.76. The van der Waals surface area contributed by atoms with Crippen molar-refractivity contribution in [2.24, 2.45) is 0 Å². The van der Waals surface area contributed by atoms with E-state index in [1.54, 1.807) is 12.3 Å². The Balaban J connectivity index is 1.69. The van der Waals surface area contributed by atoms with Crippen molar-refractivity contribution in [3.63, 3.8) is 0 Å². The summed E-state index contributed by atoms with van der Waals surface area (Å²) in [4.78, 5) is 6.63. The Labute approximate surface area is 137 Å². The Morgan fingerprint density at radius 1 is 1.41 bits per heavy atom. The molecule has 0 radical (unpaired) electrons. The van der Waals surface area contributed by atoms with Crippen LogP contribution >= 0.6 is 11.6 Å². The van der Waals surface area contributed by atoms with Gasteiger partial charge in [-0.25, -0.2) is 4.98 Å². The molecule has 120 valence electrons. The number of nitrogens with zero attached hydrogens (tertiary/aromatic N) is 3. The lowest BCUT2D eigenvalue weighted by Gasteiger charge is -2.35. The van der Waals surface area contributed by atoms with E-state index in [0.29, 0.717) is 28.6 Å². The Hall–Kier alpha value is -1.35. The minimum Gasteiger partial charge on any atom is -0.373 e. The molecule has 1 aliphatic rings. The van der Waals surface area contributed by atoms with Crippen LogP contribution in [-0.2, 0) is 4.74 Å². The maximum absolute atomic E-state index is 8.93. The zero-order chi connectivity index (χ0) is 15.9. The Kier molecular flexibility index (Phi) is 6.44. The largest absolute Gasteiger partial charge is 0.373 e. The third-order valence-electron chi connectivity index (χ3n) is 3.70. The average molecular weight is 323 g/mol. The summed E-state index contributed by atoms with van der Waals surface area (Å²) in [7, 11) is 0. The van der Waals surface area contributed by atoms with Crippen molar-refractivity contribution in [1.82, 2.24) is 9.88 Å². The van der Waals surface area contributed by atoms with Crippen molar-refractivity contribution in [3.05, 3.63) is 22.8 Å². The molecule has 22 heavy (non-hydrogen) atoms. The number of nitrogens with one attached hydrogen (secondary N) is 1. The molecule has 6 heteroatoms. The van der Waals surface area contributed by atoms with Gasteiger partial charge in [0.1, 0.15) is 16.9 Å². The SMILES string of the molecule is C[C@@H]1CN(CCCCNc2nccc(C#N)c2Cl)C[C@H](C)O1. The molecule has 0 aliphatic carbocycles. The van der Waals surface area contributed by atoms with E-state index >= 15 is 0 Å². The zero-order valence-corrected chi connectivity index (χ0v) is 13.9. The van der Waals surface area contributed by atoms with Gasteiger partial charge < -0.3 is 10.1 Å². The highest BCUT2D eigenvalue weighted by Crippen LogP contribution is 2.22. The smallest absolute Gasteiger partial charge is 0.146 e. The third-order valence-corrected chi connectivity index (χ3v) is 4.08. The molecule has 5 nitrogen and oxygen atoms in total. The van der Waals surface area contributed by atoms with Gasteiger partial charge in [-0.3, -0.25) is 4.90 Å². The minimum absolute atomic E-state index is 0.318. The van der Waals surface area contributed by atoms with Gasteiger partial charge in [0.2, 0.25) is 0 Å². The fourth-order valence-electron chi connectivity index (χ4n) is 2.79. The zero-order valence-electron chi connectivity index (χ0n) is 13.2. The average Bonchev–Trinajstić information content (AvgIpc) is 2.47. The second-order valence-electron chi connectivity index (χ2n) is 5.78. The van der Waals surface area contributed by atoms with E-state index in [2.05, 4.69) is 35.1 Å². The summed E-state index contributed by atoms with van der Waals surface area (Å²) in [6.07, 6.45) is 4.39. The Morgan fingerprint density at radius 2 is 2.14 bits per heavy atom. The van der Waals surface area contributed by atoms with E-state index < -0.39 is 0 Å². The van der Waals surface area contributed by atoms with Crippen LogP contribution in [0, 0.1) is 11.3 Å². The molecule has 2 rings (SSSR count). The number of ether oxygens (including phenoxy) is 1. The van der Waals surface area contributed by atoms with Gasteiger partial charge in [-0.15, -0.1) is 0 Å². The van der Waals surface area contributed by atoms with Gasteiger partial charge in [-0.1, -0.05) is 11.6 Å². The summed E-state index contributed by atoms with van der Waals surface area (Å²) in [6, 6.07) is 3.68. The van der Waals surface area contributed by atoms with Crippen LogP contribution in [0.15, 0.2) is 12.3 Å². The van der Waals surface area contributed by atoms with Gasteiger partial charge in [0, 0.05) is 25.8 Å². The number of halogens is 1.